The van der Waals surface area contributed by atoms with Crippen LogP contribution in [0.25, 0.3) is 0 Å². The molecule has 0 saturated carbocycles. The molecular formula is C14H19NO4. The Labute approximate surface area is 112 Å². The van der Waals surface area contributed by atoms with Crippen LogP contribution >= 0.6 is 0 Å². The molecular weight excluding hydrogens is 246 g/mol. The number of rotatable bonds is 6. The summed E-state index contributed by atoms with van der Waals surface area (Å²) in [5.41, 5.74) is 4.93. The molecule has 0 heterocycles. The van der Waals surface area contributed by atoms with Gasteiger partial charge < -0.3 is 15.2 Å². The van der Waals surface area contributed by atoms with Crippen molar-refractivity contribution in [1.29, 1.82) is 0 Å². The Kier molecular flexibility index (Phi) is 5.20. The molecule has 0 aromatic heterocycles. The van der Waals surface area contributed by atoms with Gasteiger partial charge in [-0.2, -0.15) is 0 Å². The summed E-state index contributed by atoms with van der Waals surface area (Å²) in [6.07, 6.45) is -0.783. The van der Waals surface area contributed by atoms with Crippen LogP contribution in [0.3, 0.4) is 0 Å². The molecule has 1 rings (SSSR count). The number of hydrogen-bond acceptors (Lipinski definition) is 5. The fourth-order valence-corrected chi connectivity index (χ4v) is 1.61. The lowest BCUT2D eigenvalue weighted by molar-refractivity contribution is -0.154. The summed E-state index contributed by atoms with van der Waals surface area (Å²) < 4.78 is 9.94. The number of ether oxygens (including phenoxy) is 2. The van der Waals surface area contributed by atoms with E-state index in [-0.39, 0.29) is 6.61 Å². The first-order chi connectivity index (χ1) is 8.89. The van der Waals surface area contributed by atoms with Gasteiger partial charge in [0.25, 0.3) is 0 Å². The fraction of sp³-hybridized carbons (Fsp3) is 0.429. The molecule has 0 fully saturated rings. The maximum absolute atomic E-state index is 12.0. The van der Waals surface area contributed by atoms with Crippen molar-refractivity contribution >= 4 is 11.8 Å². The molecule has 2 atom stereocenters. The van der Waals surface area contributed by atoms with E-state index in [1.165, 1.54) is 14.0 Å². The monoisotopic (exact) mass is 265 g/mol. The van der Waals surface area contributed by atoms with Crippen molar-refractivity contribution in [2.45, 2.75) is 32.1 Å². The first-order valence-corrected chi connectivity index (χ1v) is 5.96. The molecule has 1 unspecified atom stereocenters. The van der Waals surface area contributed by atoms with E-state index in [2.05, 4.69) is 4.74 Å². The highest BCUT2D eigenvalue weighted by atomic mass is 16.5. The SMILES string of the molecule is COC(=O)[C@](C)(N)C(=O)C(C)OCc1ccccc1. The third-order valence-corrected chi connectivity index (χ3v) is 2.83. The molecule has 104 valence electrons. The number of carbonyl (C=O) groups is 2. The van der Waals surface area contributed by atoms with Crippen LogP contribution < -0.4 is 5.73 Å². The Morgan fingerprint density at radius 1 is 1.32 bits per heavy atom. The van der Waals surface area contributed by atoms with Gasteiger partial charge in [0, 0.05) is 0 Å². The number of Topliss-reactive ketones (excluding diaryl/α,β-unsaturated/α-hetero) is 1. The molecule has 5 nitrogen and oxygen atoms in total. The fourth-order valence-electron chi connectivity index (χ4n) is 1.61. The maximum atomic E-state index is 12.0. The maximum Gasteiger partial charge on any atom is 0.333 e. The number of carbonyl (C=O) groups excluding carboxylic acids is 2. The molecule has 0 aliphatic heterocycles. The molecule has 0 aliphatic carbocycles. The minimum atomic E-state index is -1.69. The van der Waals surface area contributed by atoms with Gasteiger partial charge in [-0.1, -0.05) is 30.3 Å². The second kappa shape index (κ2) is 6.45. The highest BCUT2D eigenvalue weighted by molar-refractivity contribution is 6.09. The summed E-state index contributed by atoms with van der Waals surface area (Å²) in [5, 5.41) is 0. The summed E-state index contributed by atoms with van der Waals surface area (Å²) in [6, 6.07) is 9.43. The van der Waals surface area contributed by atoms with Crippen molar-refractivity contribution in [2.75, 3.05) is 7.11 Å². The van der Waals surface area contributed by atoms with E-state index >= 15 is 0 Å². The van der Waals surface area contributed by atoms with Crippen LogP contribution in [0.1, 0.15) is 19.4 Å². The van der Waals surface area contributed by atoms with Crippen LogP contribution in [0.5, 0.6) is 0 Å². The van der Waals surface area contributed by atoms with Gasteiger partial charge in [0.05, 0.1) is 13.7 Å². The van der Waals surface area contributed by atoms with Gasteiger partial charge in [-0.15, -0.1) is 0 Å². The standard InChI is InChI=1S/C14H19NO4/c1-10(12(16)14(2,15)13(17)18-3)19-9-11-7-5-4-6-8-11/h4-8,10H,9,15H2,1-3H3/t10?,14-/m1/s1. The normalized spacial score (nSPS) is 15.4. The lowest BCUT2D eigenvalue weighted by Gasteiger charge is -2.23. The van der Waals surface area contributed by atoms with E-state index in [0.29, 0.717) is 0 Å². The van der Waals surface area contributed by atoms with Gasteiger partial charge in [0.15, 0.2) is 11.3 Å². The zero-order valence-electron chi connectivity index (χ0n) is 11.4. The third-order valence-electron chi connectivity index (χ3n) is 2.83. The summed E-state index contributed by atoms with van der Waals surface area (Å²) >= 11 is 0. The number of ketones is 1. The van der Waals surface area contributed by atoms with Crippen LogP contribution in [0.4, 0.5) is 0 Å². The molecule has 5 heteroatoms. The van der Waals surface area contributed by atoms with Gasteiger partial charge in [0.1, 0.15) is 6.10 Å². The molecule has 1 aromatic carbocycles. The Morgan fingerprint density at radius 3 is 2.42 bits per heavy atom. The number of methoxy groups -OCH3 is 1. The molecule has 19 heavy (non-hydrogen) atoms. The van der Waals surface area contributed by atoms with Gasteiger partial charge in [-0.25, -0.2) is 4.79 Å². The molecule has 2 N–H and O–H groups in total. The Balaban J connectivity index is 2.61. The summed E-state index contributed by atoms with van der Waals surface area (Å²) in [4.78, 5) is 23.5. The number of benzene rings is 1. The van der Waals surface area contributed by atoms with Gasteiger partial charge in [0.2, 0.25) is 0 Å². The van der Waals surface area contributed by atoms with E-state index in [0.717, 1.165) is 5.56 Å². The number of esters is 1. The smallest absolute Gasteiger partial charge is 0.333 e. The van der Waals surface area contributed by atoms with Crippen LogP contribution in [0.2, 0.25) is 0 Å². The lowest BCUT2D eigenvalue weighted by atomic mass is 9.94. The average Bonchev–Trinajstić information content (AvgIpc) is 2.43. The average molecular weight is 265 g/mol. The summed E-state index contributed by atoms with van der Waals surface area (Å²) in [7, 11) is 1.19. The van der Waals surface area contributed by atoms with E-state index < -0.39 is 23.4 Å². The van der Waals surface area contributed by atoms with Crippen LogP contribution in [-0.2, 0) is 25.7 Å². The molecule has 0 spiro atoms. The predicted octanol–water partition coefficient (Wildman–Crippen LogP) is 1.05. The number of nitrogens with two attached hydrogens (primary N) is 1. The molecule has 0 aliphatic rings. The van der Waals surface area contributed by atoms with E-state index in [4.69, 9.17) is 10.5 Å². The van der Waals surface area contributed by atoms with Crippen molar-refractivity contribution in [3.8, 4) is 0 Å². The van der Waals surface area contributed by atoms with Gasteiger partial charge >= 0.3 is 5.97 Å². The molecule has 1 aromatic rings. The molecule has 0 saturated heterocycles. The van der Waals surface area contributed by atoms with Crippen molar-refractivity contribution in [3.63, 3.8) is 0 Å². The van der Waals surface area contributed by atoms with Gasteiger partial charge in [-0.3, -0.25) is 4.79 Å². The third kappa shape index (κ3) is 3.87. The minimum Gasteiger partial charge on any atom is -0.467 e. The van der Waals surface area contributed by atoms with Gasteiger partial charge in [-0.05, 0) is 19.4 Å². The van der Waals surface area contributed by atoms with E-state index in [1.807, 2.05) is 30.3 Å². The van der Waals surface area contributed by atoms with Crippen molar-refractivity contribution < 1.29 is 19.1 Å². The largest absolute Gasteiger partial charge is 0.467 e. The lowest BCUT2D eigenvalue weighted by Crippen LogP contribution is -2.56. The topological polar surface area (TPSA) is 78.6 Å². The predicted molar refractivity (Wildman–Crippen MR) is 70.3 cm³/mol. The van der Waals surface area contributed by atoms with Crippen LogP contribution in [0, 0.1) is 0 Å². The quantitative estimate of drug-likeness (QED) is 0.614. The highest BCUT2D eigenvalue weighted by Gasteiger charge is 2.40. The zero-order chi connectivity index (χ0) is 14.5. The molecule has 0 amide bonds. The van der Waals surface area contributed by atoms with Crippen molar-refractivity contribution in [3.05, 3.63) is 35.9 Å². The number of hydrogen-bond donors (Lipinski definition) is 1. The summed E-state index contributed by atoms with van der Waals surface area (Å²) in [5.74, 6) is -1.28. The molecule has 0 radical (unpaired) electrons. The second-order valence-corrected chi connectivity index (χ2v) is 4.50. The molecule has 0 bridgehead atoms. The van der Waals surface area contributed by atoms with E-state index in [9.17, 15) is 9.59 Å². The minimum absolute atomic E-state index is 0.283. The Bertz CT molecular complexity index is 442. The summed E-state index contributed by atoms with van der Waals surface area (Å²) in [6.45, 7) is 3.17. The second-order valence-electron chi connectivity index (χ2n) is 4.50. The van der Waals surface area contributed by atoms with Crippen molar-refractivity contribution in [2.24, 2.45) is 5.73 Å². The Hall–Kier alpha value is -1.72. The first-order valence-electron chi connectivity index (χ1n) is 5.96. The highest BCUT2D eigenvalue weighted by Crippen LogP contribution is 2.11. The van der Waals surface area contributed by atoms with Crippen LogP contribution in [-0.4, -0.2) is 30.5 Å². The van der Waals surface area contributed by atoms with Crippen molar-refractivity contribution in [1.82, 2.24) is 0 Å². The van der Waals surface area contributed by atoms with E-state index in [1.54, 1.807) is 6.92 Å². The zero-order valence-corrected chi connectivity index (χ0v) is 11.4. The van der Waals surface area contributed by atoms with Crippen LogP contribution in [0.15, 0.2) is 30.3 Å². The first kappa shape index (κ1) is 15.3. The Morgan fingerprint density at radius 2 is 1.89 bits per heavy atom.